The number of likely N-dealkylation sites (tertiary alicyclic amines) is 1. The highest BCUT2D eigenvalue weighted by Gasteiger charge is 2.32. The second-order valence-corrected chi connectivity index (χ2v) is 7.76. The summed E-state index contributed by atoms with van der Waals surface area (Å²) in [4.78, 5) is 26.1. The molecule has 0 saturated carbocycles. The lowest BCUT2D eigenvalue weighted by Crippen LogP contribution is -2.53. The van der Waals surface area contributed by atoms with Gasteiger partial charge in [0.15, 0.2) is 0 Å². The number of hydrogen-bond donors (Lipinski definition) is 2. The minimum atomic E-state index is -4.62. The first-order valence-electron chi connectivity index (χ1n) is 9.05. The smallest absolute Gasteiger partial charge is 0.341 e. The van der Waals surface area contributed by atoms with Crippen molar-refractivity contribution in [3.8, 4) is 0 Å². The topological polar surface area (TPSA) is 75.4 Å². The SMILES string of the molecule is CC(C)(N)C(=O)N1CCC(CC(=O)Nc2cc(CF)cc(C(F)(F)F)c2)CC1. The molecule has 1 heterocycles. The largest absolute Gasteiger partial charge is 0.416 e. The number of piperidine rings is 1. The van der Waals surface area contributed by atoms with Crippen molar-refractivity contribution in [2.45, 2.75) is 51.5 Å². The van der Waals surface area contributed by atoms with Gasteiger partial charge in [-0.1, -0.05) is 0 Å². The normalized spacial score (nSPS) is 16.2. The number of rotatable bonds is 5. The van der Waals surface area contributed by atoms with Crippen LogP contribution in [0.2, 0.25) is 0 Å². The van der Waals surface area contributed by atoms with E-state index in [0.717, 1.165) is 12.1 Å². The number of alkyl halides is 4. The van der Waals surface area contributed by atoms with Crippen LogP contribution in [0.3, 0.4) is 0 Å². The number of halogens is 4. The molecule has 1 fully saturated rings. The van der Waals surface area contributed by atoms with Crippen molar-refractivity contribution >= 4 is 17.5 Å². The Kier molecular flexibility index (Phi) is 6.69. The van der Waals surface area contributed by atoms with Gasteiger partial charge in [-0.15, -0.1) is 0 Å². The lowest BCUT2D eigenvalue weighted by Gasteiger charge is -2.35. The molecule has 0 radical (unpaired) electrons. The molecule has 1 aliphatic heterocycles. The highest BCUT2D eigenvalue weighted by molar-refractivity contribution is 5.91. The summed E-state index contributed by atoms with van der Waals surface area (Å²) in [6.45, 7) is 3.17. The quantitative estimate of drug-likeness (QED) is 0.739. The van der Waals surface area contributed by atoms with Crippen LogP contribution in [0.25, 0.3) is 0 Å². The lowest BCUT2D eigenvalue weighted by atomic mass is 9.92. The van der Waals surface area contributed by atoms with Gasteiger partial charge < -0.3 is 16.0 Å². The van der Waals surface area contributed by atoms with Gasteiger partial charge in [-0.2, -0.15) is 13.2 Å². The van der Waals surface area contributed by atoms with E-state index < -0.39 is 29.9 Å². The Morgan fingerprint density at radius 3 is 2.29 bits per heavy atom. The fraction of sp³-hybridized carbons (Fsp3) is 0.579. The van der Waals surface area contributed by atoms with Crippen LogP contribution in [-0.4, -0.2) is 35.3 Å². The van der Waals surface area contributed by atoms with E-state index in [9.17, 15) is 27.2 Å². The summed E-state index contributed by atoms with van der Waals surface area (Å²) in [6.07, 6.45) is -3.29. The van der Waals surface area contributed by atoms with Crippen LogP contribution in [0.1, 0.15) is 44.2 Å². The van der Waals surface area contributed by atoms with Crippen molar-refractivity contribution in [2.75, 3.05) is 18.4 Å². The van der Waals surface area contributed by atoms with E-state index in [2.05, 4.69) is 5.32 Å². The molecule has 2 rings (SSSR count). The number of nitrogens with zero attached hydrogens (tertiary/aromatic N) is 1. The predicted molar refractivity (Wildman–Crippen MR) is 97.1 cm³/mol. The van der Waals surface area contributed by atoms with Gasteiger partial charge in [-0.25, -0.2) is 4.39 Å². The monoisotopic (exact) mass is 403 g/mol. The van der Waals surface area contributed by atoms with Crippen molar-refractivity contribution in [3.05, 3.63) is 29.3 Å². The number of anilines is 1. The van der Waals surface area contributed by atoms with Crippen LogP contribution in [0, 0.1) is 5.92 Å². The molecule has 0 atom stereocenters. The minimum absolute atomic E-state index is 0.0105. The molecular weight excluding hydrogens is 378 g/mol. The number of hydrogen-bond acceptors (Lipinski definition) is 3. The maximum atomic E-state index is 12.9. The summed E-state index contributed by atoms with van der Waals surface area (Å²) in [5.41, 5.74) is 3.62. The second kappa shape index (κ2) is 8.46. The first-order valence-corrected chi connectivity index (χ1v) is 9.05. The molecule has 3 N–H and O–H groups in total. The first kappa shape index (κ1) is 22.1. The van der Waals surface area contributed by atoms with Gasteiger partial charge in [0.25, 0.3) is 0 Å². The number of amides is 2. The van der Waals surface area contributed by atoms with Gasteiger partial charge in [-0.3, -0.25) is 9.59 Å². The van der Waals surface area contributed by atoms with Crippen LogP contribution in [0.4, 0.5) is 23.2 Å². The van der Waals surface area contributed by atoms with E-state index in [1.165, 1.54) is 6.07 Å². The van der Waals surface area contributed by atoms with Crippen molar-refractivity contribution in [1.29, 1.82) is 0 Å². The molecule has 2 amide bonds. The van der Waals surface area contributed by atoms with Crippen LogP contribution < -0.4 is 11.1 Å². The molecule has 0 bridgehead atoms. The van der Waals surface area contributed by atoms with E-state index in [1.54, 1.807) is 18.7 Å². The highest BCUT2D eigenvalue weighted by Crippen LogP contribution is 2.32. The fourth-order valence-corrected chi connectivity index (χ4v) is 3.23. The van der Waals surface area contributed by atoms with Gasteiger partial charge >= 0.3 is 6.18 Å². The van der Waals surface area contributed by atoms with E-state index in [-0.39, 0.29) is 29.5 Å². The highest BCUT2D eigenvalue weighted by atomic mass is 19.4. The Morgan fingerprint density at radius 2 is 1.79 bits per heavy atom. The summed E-state index contributed by atoms with van der Waals surface area (Å²) in [5.74, 6) is -0.581. The molecule has 0 aliphatic carbocycles. The van der Waals surface area contributed by atoms with Crippen molar-refractivity contribution in [1.82, 2.24) is 4.90 Å². The molecule has 5 nitrogen and oxygen atoms in total. The summed E-state index contributed by atoms with van der Waals surface area (Å²) in [5, 5.41) is 2.43. The summed E-state index contributed by atoms with van der Waals surface area (Å²) in [7, 11) is 0. The molecule has 0 aromatic heterocycles. The molecule has 0 spiro atoms. The second-order valence-electron chi connectivity index (χ2n) is 7.76. The van der Waals surface area contributed by atoms with E-state index in [4.69, 9.17) is 5.73 Å². The summed E-state index contributed by atoms with van der Waals surface area (Å²) < 4.78 is 51.6. The fourth-order valence-electron chi connectivity index (χ4n) is 3.23. The molecule has 28 heavy (non-hydrogen) atoms. The van der Waals surface area contributed by atoms with Crippen LogP contribution in [0.15, 0.2) is 18.2 Å². The number of benzene rings is 1. The number of carbonyl (C=O) groups excluding carboxylic acids is 2. The van der Waals surface area contributed by atoms with E-state index in [1.807, 2.05) is 0 Å². The lowest BCUT2D eigenvalue weighted by molar-refractivity contribution is -0.138. The van der Waals surface area contributed by atoms with Gasteiger partial charge in [0.05, 0.1) is 11.1 Å². The van der Waals surface area contributed by atoms with Crippen LogP contribution >= 0.6 is 0 Å². The maximum Gasteiger partial charge on any atom is 0.416 e. The zero-order chi connectivity index (χ0) is 21.1. The molecule has 1 saturated heterocycles. The first-order chi connectivity index (χ1) is 12.9. The van der Waals surface area contributed by atoms with E-state index in [0.29, 0.717) is 25.9 Å². The van der Waals surface area contributed by atoms with Gasteiger partial charge in [0.2, 0.25) is 11.8 Å². The van der Waals surface area contributed by atoms with Crippen LogP contribution in [-0.2, 0) is 22.4 Å². The molecule has 1 aromatic rings. The molecule has 1 aromatic carbocycles. The standard InChI is InChI=1S/C19H25F4N3O2/c1-18(2,24)17(28)26-5-3-12(4-6-26)9-16(27)25-15-8-13(11-20)7-14(10-15)19(21,22)23/h7-8,10,12H,3-6,9,11,24H2,1-2H3,(H,25,27). The third-order valence-electron chi connectivity index (χ3n) is 4.69. The Balaban J connectivity index is 1.94. The van der Waals surface area contributed by atoms with Crippen molar-refractivity contribution in [2.24, 2.45) is 11.7 Å². The Labute approximate surface area is 161 Å². The van der Waals surface area contributed by atoms with Gasteiger partial charge in [0, 0.05) is 25.2 Å². The average Bonchev–Trinajstić information content (AvgIpc) is 2.59. The Morgan fingerprint density at radius 1 is 1.18 bits per heavy atom. The average molecular weight is 403 g/mol. The Hall–Kier alpha value is -2.16. The predicted octanol–water partition coefficient (Wildman–Crippen LogP) is 3.48. The maximum absolute atomic E-state index is 12.9. The number of nitrogens with two attached hydrogens (primary N) is 1. The zero-order valence-electron chi connectivity index (χ0n) is 15.9. The summed E-state index contributed by atoms with van der Waals surface area (Å²) >= 11 is 0. The zero-order valence-corrected chi connectivity index (χ0v) is 15.9. The molecule has 1 aliphatic rings. The van der Waals surface area contributed by atoms with Crippen molar-refractivity contribution < 1.29 is 27.2 Å². The van der Waals surface area contributed by atoms with E-state index >= 15 is 0 Å². The molecule has 0 unspecified atom stereocenters. The molecule has 156 valence electrons. The summed E-state index contributed by atoms with van der Waals surface area (Å²) in [6, 6.07) is 2.71. The van der Waals surface area contributed by atoms with Crippen LogP contribution in [0.5, 0.6) is 0 Å². The van der Waals surface area contributed by atoms with Crippen molar-refractivity contribution in [3.63, 3.8) is 0 Å². The van der Waals surface area contributed by atoms with Gasteiger partial charge in [-0.05, 0) is 56.4 Å². The Bertz CT molecular complexity index is 721. The minimum Gasteiger partial charge on any atom is -0.341 e. The molecular formula is C19H25F4N3O2. The van der Waals surface area contributed by atoms with Gasteiger partial charge in [0.1, 0.15) is 6.67 Å². The number of carbonyl (C=O) groups is 2. The third-order valence-corrected chi connectivity index (χ3v) is 4.69. The number of nitrogens with one attached hydrogen (secondary N) is 1. The third kappa shape index (κ3) is 5.92. The molecule has 9 heteroatoms.